The minimum Gasteiger partial charge on any atom is -0.385 e. The first-order valence-corrected chi connectivity index (χ1v) is 6.32. The van der Waals surface area contributed by atoms with E-state index >= 15 is 0 Å². The summed E-state index contributed by atoms with van der Waals surface area (Å²) in [6.45, 7) is 6.19. The lowest BCUT2D eigenvalue weighted by molar-refractivity contribution is -0.00387. The summed E-state index contributed by atoms with van der Waals surface area (Å²) in [4.78, 5) is 0. The van der Waals surface area contributed by atoms with E-state index in [-0.39, 0.29) is 0 Å². The molecule has 1 heteroatoms. The summed E-state index contributed by atoms with van der Waals surface area (Å²) >= 11 is 0. The predicted molar refractivity (Wildman–Crippen MR) is 67.4 cm³/mol. The van der Waals surface area contributed by atoms with E-state index < -0.39 is 5.60 Å². The molecule has 0 aliphatic heterocycles. The standard InChI is InChI=1S/C15H22O/c1-11-8-9-14(12(2)10-11)15(3,16)13-6-4-5-7-13/h8-10,13,16H,4-7H2,1-3H3/t15-/m0/s1. The van der Waals surface area contributed by atoms with Crippen LogP contribution in [0.4, 0.5) is 0 Å². The van der Waals surface area contributed by atoms with Crippen LogP contribution in [0.1, 0.15) is 49.3 Å². The number of rotatable bonds is 2. The van der Waals surface area contributed by atoms with Crippen LogP contribution in [0.5, 0.6) is 0 Å². The van der Waals surface area contributed by atoms with Crippen molar-refractivity contribution in [3.63, 3.8) is 0 Å². The van der Waals surface area contributed by atoms with Gasteiger partial charge in [0, 0.05) is 0 Å². The number of aliphatic hydroxyl groups is 1. The van der Waals surface area contributed by atoms with Crippen molar-refractivity contribution in [3.8, 4) is 0 Å². The highest BCUT2D eigenvalue weighted by Crippen LogP contribution is 2.41. The quantitative estimate of drug-likeness (QED) is 0.802. The van der Waals surface area contributed by atoms with Gasteiger partial charge in [-0.05, 0) is 50.7 Å². The zero-order valence-electron chi connectivity index (χ0n) is 10.6. The molecule has 0 spiro atoms. The Morgan fingerprint density at radius 3 is 2.38 bits per heavy atom. The first-order valence-electron chi connectivity index (χ1n) is 6.32. The normalized spacial score (nSPS) is 21.0. The van der Waals surface area contributed by atoms with E-state index in [2.05, 4.69) is 32.0 Å². The van der Waals surface area contributed by atoms with Gasteiger partial charge in [0.2, 0.25) is 0 Å². The summed E-state index contributed by atoms with van der Waals surface area (Å²) in [6.07, 6.45) is 4.87. The summed E-state index contributed by atoms with van der Waals surface area (Å²) in [5, 5.41) is 10.8. The highest BCUT2D eigenvalue weighted by Gasteiger charge is 2.36. The third-order valence-corrected chi connectivity index (χ3v) is 4.08. The van der Waals surface area contributed by atoms with Crippen molar-refractivity contribution in [1.29, 1.82) is 0 Å². The van der Waals surface area contributed by atoms with E-state index in [1.54, 1.807) is 0 Å². The molecule has 0 saturated heterocycles. The van der Waals surface area contributed by atoms with Gasteiger partial charge in [0.25, 0.3) is 0 Å². The van der Waals surface area contributed by atoms with Crippen LogP contribution in [0.25, 0.3) is 0 Å². The lowest BCUT2D eigenvalue weighted by atomic mass is 9.79. The summed E-state index contributed by atoms with van der Waals surface area (Å²) in [5.74, 6) is 0.439. The fraction of sp³-hybridized carbons (Fsp3) is 0.600. The largest absolute Gasteiger partial charge is 0.385 e. The molecule has 1 atom stereocenters. The Balaban J connectivity index is 2.34. The van der Waals surface area contributed by atoms with Crippen LogP contribution in [0.2, 0.25) is 0 Å². The van der Waals surface area contributed by atoms with Crippen LogP contribution in [0.3, 0.4) is 0 Å². The maximum Gasteiger partial charge on any atom is 0.0899 e. The average molecular weight is 218 g/mol. The number of benzene rings is 1. The molecule has 1 fully saturated rings. The Bertz CT molecular complexity index is 373. The lowest BCUT2D eigenvalue weighted by Gasteiger charge is -2.32. The van der Waals surface area contributed by atoms with E-state index in [1.807, 2.05) is 6.92 Å². The second kappa shape index (κ2) is 4.21. The highest BCUT2D eigenvalue weighted by molar-refractivity contribution is 5.35. The maximum absolute atomic E-state index is 10.8. The zero-order chi connectivity index (χ0) is 11.8. The molecule has 16 heavy (non-hydrogen) atoms. The van der Waals surface area contributed by atoms with Gasteiger partial charge in [-0.1, -0.05) is 36.6 Å². The minimum atomic E-state index is -0.645. The summed E-state index contributed by atoms with van der Waals surface area (Å²) in [7, 11) is 0. The Labute approximate surface area is 98.5 Å². The van der Waals surface area contributed by atoms with Gasteiger partial charge in [-0.25, -0.2) is 0 Å². The van der Waals surface area contributed by atoms with Gasteiger partial charge < -0.3 is 5.11 Å². The van der Waals surface area contributed by atoms with Crippen molar-refractivity contribution in [1.82, 2.24) is 0 Å². The molecule has 0 bridgehead atoms. The van der Waals surface area contributed by atoms with Gasteiger partial charge in [0.1, 0.15) is 0 Å². The molecular weight excluding hydrogens is 196 g/mol. The van der Waals surface area contributed by atoms with E-state index in [1.165, 1.54) is 36.8 Å². The number of hydrogen-bond acceptors (Lipinski definition) is 1. The molecular formula is C15H22O. The van der Waals surface area contributed by atoms with Crippen molar-refractivity contribution < 1.29 is 5.11 Å². The Hall–Kier alpha value is -0.820. The second-order valence-electron chi connectivity index (χ2n) is 5.45. The molecule has 1 aromatic rings. The van der Waals surface area contributed by atoms with Crippen molar-refractivity contribution in [2.75, 3.05) is 0 Å². The minimum absolute atomic E-state index is 0.439. The maximum atomic E-state index is 10.8. The molecule has 1 saturated carbocycles. The van der Waals surface area contributed by atoms with Crippen LogP contribution in [0, 0.1) is 19.8 Å². The molecule has 2 rings (SSSR count). The summed E-state index contributed by atoms with van der Waals surface area (Å²) in [6, 6.07) is 6.37. The van der Waals surface area contributed by atoms with Gasteiger partial charge >= 0.3 is 0 Å². The molecule has 0 aromatic heterocycles. The number of aryl methyl sites for hydroxylation is 2. The molecule has 1 aliphatic carbocycles. The van der Waals surface area contributed by atoms with E-state index in [4.69, 9.17) is 0 Å². The average Bonchev–Trinajstić information content (AvgIpc) is 2.69. The van der Waals surface area contributed by atoms with Crippen molar-refractivity contribution >= 4 is 0 Å². The van der Waals surface area contributed by atoms with Crippen LogP contribution >= 0.6 is 0 Å². The second-order valence-corrected chi connectivity index (χ2v) is 5.45. The van der Waals surface area contributed by atoms with E-state index in [0.29, 0.717) is 5.92 Å². The van der Waals surface area contributed by atoms with Crippen molar-refractivity contribution in [3.05, 3.63) is 34.9 Å². The summed E-state index contributed by atoms with van der Waals surface area (Å²) in [5.41, 5.74) is 2.96. The zero-order valence-corrected chi connectivity index (χ0v) is 10.6. The van der Waals surface area contributed by atoms with Crippen molar-refractivity contribution in [2.45, 2.75) is 52.1 Å². The SMILES string of the molecule is Cc1ccc([C@@](C)(O)C2CCCC2)c(C)c1. The van der Waals surface area contributed by atoms with Crippen LogP contribution in [-0.2, 0) is 5.60 Å². The monoisotopic (exact) mass is 218 g/mol. The molecule has 1 nitrogen and oxygen atoms in total. The van der Waals surface area contributed by atoms with Crippen molar-refractivity contribution in [2.24, 2.45) is 5.92 Å². The molecule has 88 valence electrons. The number of hydrogen-bond donors (Lipinski definition) is 1. The van der Waals surface area contributed by atoms with Crippen LogP contribution in [-0.4, -0.2) is 5.11 Å². The van der Waals surface area contributed by atoms with E-state index in [9.17, 15) is 5.11 Å². The van der Waals surface area contributed by atoms with Gasteiger partial charge in [-0.2, -0.15) is 0 Å². The fourth-order valence-electron chi connectivity index (χ4n) is 3.09. The smallest absolute Gasteiger partial charge is 0.0899 e. The molecule has 0 heterocycles. The molecule has 0 radical (unpaired) electrons. The third-order valence-electron chi connectivity index (χ3n) is 4.08. The first kappa shape index (κ1) is 11.7. The Kier molecular flexibility index (Phi) is 3.07. The van der Waals surface area contributed by atoms with Crippen LogP contribution < -0.4 is 0 Å². The molecule has 1 N–H and O–H groups in total. The van der Waals surface area contributed by atoms with Gasteiger partial charge in [-0.3, -0.25) is 0 Å². The van der Waals surface area contributed by atoms with Gasteiger partial charge in [0.15, 0.2) is 0 Å². The van der Waals surface area contributed by atoms with Gasteiger partial charge in [0.05, 0.1) is 5.60 Å². The fourth-order valence-corrected chi connectivity index (χ4v) is 3.09. The highest BCUT2D eigenvalue weighted by atomic mass is 16.3. The molecule has 1 aromatic carbocycles. The summed E-state index contributed by atoms with van der Waals surface area (Å²) < 4.78 is 0. The Morgan fingerprint density at radius 2 is 1.81 bits per heavy atom. The lowest BCUT2D eigenvalue weighted by Crippen LogP contribution is -2.30. The Morgan fingerprint density at radius 1 is 1.19 bits per heavy atom. The molecule has 1 aliphatic rings. The first-order chi connectivity index (χ1) is 7.51. The van der Waals surface area contributed by atoms with E-state index in [0.717, 1.165) is 5.56 Å². The third kappa shape index (κ3) is 2.01. The molecule has 0 unspecified atom stereocenters. The predicted octanol–water partition coefficient (Wildman–Crippen LogP) is 3.70. The van der Waals surface area contributed by atoms with Gasteiger partial charge in [-0.15, -0.1) is 0 Å². The van der Waals surface area contributed by atoms with Crippen LogP contribution in [0.15, 0.2) is 18.2 Å². The molecule has 0 amide bonds. The topological polar surface area (TPSA) is 20.2 Å².